The van der Waals surface area contributed by atoms with E-state index in [1.807, 2.05) is 45.0 Å². The van der Waals surface area contributed by atoms with E-state index in [-0.39, 0.29) is 24.3 Å². The zero-order chi connectivity index (χ0) is 27.0. The van der Waals surface area contributed by atoms with E-state index in [0.29, 0.717) is 31.5 Å². The van der Waals surface area contributed by atoms with Gasteiger partial charge in [-0.25, -0.2) is 0 Å². The summed E-state index contributed by atoms with van der Waals surface area (Å²) in [6.45, 7) is 12.0. The summed E-state index contributed by atoms with van der Waals surface area (Å²) in [6, 6.07) is 6.19. The van der Waals surface area contributed by atoms with Crippen LogP contribution < -0.4 is 15.5 Å². The lowest BCUT2D eigenvalue weighted by Crippen LogP contribution is -2.56. The van der Waals surface area contributed by atoms with Crippen molar-refractivity contribution in [3.8, 4) is 0 Å². The van der Waals surface area contributed by atoms with Gasteiger partial charge >= 0.3 is 0 Å². The van der Waals surface area contributed by atoms with Gasteiger partial charge in [0, 0.05) is 31.0 Å². The average Bonchev–Trinajstić information content (AvgIpc) is 3.46. The van der Waals surface area contributed by atoms with Gasteiger partial charge in [-0.05, 0) is 70.7 Å². The smallest absolute Gasteiger partial charge is 0.250 e. The van der Waals surface area contributed by atoms with E-state index in [4.69, 9.17) is 4.74 Å². The average molecular weight is 515 g/mol. The van der Waals surface area contributed by atoms with Gasteiger partial charge < -0.3 is 30.3 Å². The van der Waals surface area contributed by atoms with Crippen LogP contribution in [0.5, 0.6) is 0 Å². The van der Waals surface area contributed by atoms with Crippen molar-refractivity contribution < 1.29 is 24.2 Å². The molecular weight excluding hydrogens is 472 g/mol. The van der Waals surface area contributed by atoms with Gasteiger partial charge in [0.05, 0.1) is 30.1 Å². The number of amides is 3. The van der Waals surface area contributed by atoms with Gasteiger partial charge in [-0.1, -0.05) is 13.8 Å². The maximum absolute atomic E-state index is 14.0. The first kappa shape index (κ1) is 27.4. The topological polar surface area (TPSA) is 111 Å². The highest BCUT2D eigenvalue weighted by Gasteiger charge is 2.78. The number of likely N-dealkylation sites (tertiary alicyclic amines) is 1. The number of carbonyl (C=O) groups excluding carboxylic acids is 3. The maximum atomic E-state index is 14.0. The predicted octanol–water partition coefficient (Wildman–Crippen LogP) is 2.53. The molecule has 2 bridgehead atoms. The van der Waals surface area contributed by atoms with Gasteiger partial charge in [0.15, 0.2) is 0 Å². The zero-order valence-electron chi connectivity index (χ0n) is 22.8. The minimum absolute atomic E-state index is 0.200. The molecule has 0 saturated carbocycles. The first-order valence-corrected chi connectivity index (χ1v) is 13.8. The Labute approximate surface area is 219 Å². The van der Waals surface area contributed by atoms with Crippen molar-refractivity contribution in [1.29, 1.82) is 0 Å². The van der Waals surface area contributed by atoms with Crippen LogP contribution in [0.4, 0.5) is 11.4 Å². The van der Waals surface area contributed by atoms with E-state index in [1.165, 1.54) is 4.90 Å². The lowest BCUT2D eigenvalue weighted by Gasteiger charge is -2.36. The summed E-state index contributed by atoms with van der Waals surface area (Å²) in [5.74, 6) is -2.26. The van der Waals surface area contributed by atoms with Crippen LogP contribution in [0.1, 0.15) is 60.3 Å². The Bertz CT molecular complexity index is 1010. The number of nitrogens with one attached hydrogen (secondary N) is 2. The predicted molar refractivity (Wildman–Crippen MR) is 142 cm³/mol. The number of fused-ring (bicyclic) bond motifs is 1. The Kier molecular flexibility index (Phi) is 7.85. The van der Waals surface area contributed by atoms with Crippen molar-refractivity contribution in [3.05, 3.63) is 24.3 Å². The fraction of sp³-hybridized carbons (Fsp3) is 0.679. The minimum atomic E-state index is -1.10. The standard InChI is InChI=1S/C28H42N4O5/c1-6-16-29-24(34)21-22-26(36)32(19(7-2)17-33)23(28(22)15-14-27(21,5)37-28)25(35)30-18-10-12-20(13-11-18)31(8-3)9-4/h10-13,19,21-23,33H,6-9,14-17H2,1-5H3,(H,29,34)(H,30,35)/t19-,21-,22-,23?,27+,28?/m0/s1. The van der Waals surface area contributed by atoms with Crippen molar-refractivity contribution >= 4 is 29.1 Å². The molecule has 0 aliphatic carbocycles. The quantitative estimate of drug-likeness (QED) is 0.419. The summed E-state index contributed by atoms with van der Waals surface area (Å²) >= 11 is 0. The second-order valence-corrected chi connectivity index (χ2v) is 10.7. The Balaban J connectivity index is 1.68. The van der Waals surface area contributed by atoms with Crippen LogP contribution in [-0.4, -0.2) is 77.3 Å². The normalized spacial score (nSPS) is 30.8. The number of hydrogen-bond acceptors (Lipinski definition) is 6. The highest BCUT2D eigenvalue weighted by Crippen LogP contribution is 2.63. The lowest BCUT2D eigenvalue weighted by molar-refractivity contribution is -0.148. The van der Waals surface area contributed by atoms with E-state index in [0.717, 1.165) is 25.2 Å². The molecule has 1 spiro atoms. The molecule has 3 amide bonds. The first-order chi connectivity index (χ1) is 17.7. The minimum Gasteiger partial charge on any atom is -0.394 e. The van der Waals surface area contributed by atoms with Gasteiger partial charge in [-0.3, -0.25) is 14.4 Å². The summed E-state index contributed by atoms with van der Waals surface area (Å²) < 4.78 is 6.60. The largest absolute Gasteiger partial charge is 0.394 e. The molecule has 3 aliphatic heterocycles. The summed E-state index contributed by atoms with van der Waals surface area (Å²) in [4.78, 5) is 44.9. The van der Waals surface area contributed by atoms with E-state index >= 15 is 0 Å². The van der Waals surface area contributed by atoms with Crippen LogP contribution in [0.15, 0.2) is 24.3 Å². The van der Waals surface area contributed by atoms with Gasteiger partial charge in [-0.15, -0.1) is 0 Å². The maximum Gasteiger partial charge on any atom is 0.250 e. The van der Waals surface area contributed by atoms with Gasteiger partial charge in [-0.2, -0.15) is 0 Å². The summed E-state index contributed by atoms with van der Waals surface area (Å²) in [5.41, 5.74) is -0.221. The van der Waals surface area contributed by atoms with Crippen LogP contribution in [0, 0.1) is 11.8 Å². The van der Waals surface area contributed by atoms with Gasteiger partial charge in [0.1, 0.15) is 11.6 Å². The Morgan fingerprint density at radius 3 is 2.38 bits per heavy atom. The molecule has 3 heterocycles. The number of benzene rings is 1. The molecule has 6 atom stereocenters. The fourth-order valence-electron chi connectivity index (χ4n) is 6.78. The van der Waals surface area contributed by atoms with Crippen LogP contribution in [-0.2, 0) is 19.1 Å². The number of ether oxygens (including phenoxy) is 1. The van der Waals surface area contributed by atoms with Crippen LogP contribution in [0.3, 0.4) is 0 Å². The molecule has 1 aromatic rings. The Hall–Kier alpha value is -2.65. The van der Waals surface area contributed by atoms with E-state index in [1.54, 1.807) is 0 Å². The van der Waals surface area contributed by atoms with E-state index < -0.39 is 35.1 Å². The molecule has 9 heteroatoms. The number of aliphatic hydroxyl groups excluding tert-OH is 1. The molecule has 2 unspecified atom stereocenters. The molecule has 0 radical (unpaired) electrons. The third-order valence-electron chi connectivity index (χ3n) is 8.63. The van der Waals surface area contributed by atoms with Crippen molar-refractivity contribution in [2.24, 2.45) is 11.8 Å². The fourth-order valence-corrected chi connectivity index (χ4v) is 6.78. The molecular formula is C28H42N4O5. The molecule has 204 valence electrons. The number of nitrogens with zero attached hydrogens (tertiary/aromatic N) is 2. The highest BCUT2D eigenvalue weighted by molar-refractivity contribution is 6.04. The molecule has 1 aromatic carbocycles. The van der Waals surface area contributed by atoms with Gasteiger partial charge in [0.25, 0.3) is 0 Å². The number of carbonyl (C=O) groups is 3. The molecule has 0 aromatic heterocycles. The highest BCUT2D eigenvalue weighted by atomic mass is 16.5. The molecule has 37 heavy (non-hydrogen) atoms. The second-order valence-electron chi connectivity index (χ2n) is 10.7. The van der Waals surface area contributed by atoms with Crippen molar-refractivity contribution in [1.82, 2.24) is 10.2 Å². The number of rotatable bonds is 11. The van der Waals surface area contributed by atoms with E-state index in [9.17, 15) is 19.5 Å². The molecule has 9 nitrogen and oxygen atoms in total. The molecule has 3 saturated heterocycles. The van der Waals surface area contributed by atoms with Gasteiger partial charge in [0.2, 0.25) is 17.7 Å². The Morgan fingerprint density at radius 2 is 1.81 bits per heavy atom. The molecule has 3 aliphatic rings. The monoisotopic (exact) mass is 514 g/mol. The Morgan fingerprint density at radius 1 is 1.14 bits per heavy atom. The van der Waals surface area contributed by atoms with E-state index in [2.05, 4.69) is 29.4 Å². The SMILES string of the molecule is CCCNC(=O)[C@@H]1[C@H]2C(=O)N([C@@H](CC)CO)C(C(=O)Nc3ccc(N(CC)CC)cc3)C23CC[C@@]1(C)O3. The molecule has 4 rings (SSSR count). The van der Waals surface area contributed by atoms with Crippen molar-refractivity contribution in [2.45, 2.75) is 83.6 Å². The van der Waals surface area contributed by atoms with Crippen LogP contribution >= 0.6 is 0 Å². The number of anilines is 2. The van der Waals surface area contributed by atoms with Crippen molar-refractivity contribution in [3.63, 3.8) is 0 Å². The summed E-state index contributed by atoms with van der Waals surface area (Å²) in [7, 11) is 0. The first-order valence-electron chi connectivity index (χ1n) is 13.8. The number of aliphatic hydroxyl groups is 1. The van der Waals surface area contributed by atoms with Crippen LogP contribution in [0.25, 0.3) is 0 Å². The third kappa shape index (κ3) is 4.40. The zero-order valence-corrected chi connectivity index (χ0v) is 22.8. The molecule has 3 fully saturated rings. The van der Waals surface area contributed by atoms with Crippen LogP contribution in [0.2, 0.25) is 0 Å². The lowest BCUT2D eigenvalue weighted by atomic mass is 9.66. The summed E-state index contributed by atoms with van der Waals surface area (Å²) in [6.07, 6.45) is 2.37. The number of hydrogen-bond donors (Lipinski definition) is 3. The second kappa shape index (κ2) is 10.6. The summed E-state index contributed by atoms with van der Waals surface area (Å²) in [5, 5.41) is 16.1. The molecule has 3 N–H and O–H groups in total. The van der Waals surface area contributed by atoms with Crippen molar-refractivity contribution in [2.75, 3.05) is 36.5 Å². The third-order valence-corrected chi connectivity index (χ3v) is 8.63.